The quantitative estimate of drug-likeness (QED) is 0.455. The van der Waals surface area contributed by atoms with Crippen LogP contribution in [0.5, 0.6) is 0 Å². The molecule has 0 N–H and O–H groups in total. The zero-order chi connectivity index (χ0) is 17.1. The van der Waals surface area contributed by atoms with Crippen molar-refractivity contribution >= 4 is 5.57 Å². The van der Waals surface area contributed by atoms with E-state index < -0.39 is 0 Å². The predicted octanol–water partition coefficient (Wildman–Crippen LogP) is 6.28. The number of fused-ring (bicyclic) bond motifs is 11. The van der Waals surface area contributed by atoms with E-state index in [1.54, 1.807) is 0 Å². The summed E-state index contributed by atoms with van der Waals surface area (Å²) >= 11 is 0. The Hall–Kier alpha value is -3.12. The second kappa shape index (κ2) is 4.95. The van der Waals surface area contributed by atoms with E-state index in [0.717, 1.165) is 6.42 Å². The Morgan fingerprint density at radius 1 is 0.538 bits per heavy atom. The van der Waals surface area contributed by atoms with E-state index in [-0.39, 0.29) is 5.41 Å². The van der Waals surface area contributed by atoms with E-state index >= 15 is 0 Å². The van der Waals surface area contributed by atoms with Crippen molar-refractivity contribution in [2.45, 2.75) is 11.8 Å². The van der Waals surface area contributed by atoms with Crippen molar-refractivity contribution in [1.29, 1.82) is 0 Å². The maximum atomic E-state index is 2.35. The van der Waals surface area contributed by atoms with Crippen molar-refractivity contribution in [1.82, 2.24) is 0 Å². The van der Waals surface area contributed by atoms with Gasteiger partial charge in [-0.05, 0) is 50.9 Å². The van der Waals surface area contributed by atoms with Crippen LogP contribution in [0.2, 0.25) is 0 Å². The van der Waals surface area contributed by atoms with E-state index in [1.807, 2.05) is 0 Å². The van der Waals surface area contributed by atoms with Gasteiger partial charge in [0, 0.05) is 0 Å². The molecule has 0 saturated heterocycles. The fourth-order valence-corrected chi connectivity index (χ4v) is 5.24. The molecule has 0 atom stereocenters. The molecule has 0 heterocycles. The summed E-state index contributed by atoms with van der Waals surface area (Å²) in [6, 6.07) is 26.9. The third-order valence-corrected chi connectivity index (χ3v) is 6.20. The van der Waals surface area contributed by atoms with Gasteiger partial charge >= 0.3 is 0 Å². The molecule has 0 aliphatic heterocycles. The average Bonchev–Trinajstić information content (AvgIpc) is 2.83. The van der Waals surface area contributed by atoms with Crippen molar-refractivity contribution in [3.8, 4) is 11.1 Å². The first-order chi connectivity index (χ1) is 12.9. The number of benzene rings is 3. The zero-order valence-corrected chi connectivity index (χ0v) is 14.4. The maximum Gasteiger partial charge on any atom is 0.0685 e. The second-order valence-corrected chi connectivity index (χ2v) is 7.33. The molecule has 0 saturated carbocycles. The average molecular weight is 330 g/mol. The molecule has 0 heteroatoms. The van der Waals surface area contributed by atoms with Crippen LogP contribution in [0, 0.1) is 0 Å². The number of hydrogen-bond acceptors (Lipinski definition) is 0. The van der Waals surface area contributed by atoms with Gasteiger partial charge in [0.25, 0.3) is 0 Å². The Bertz CT molecular complexity index is 1110. The third-order valence-electron chi connectivity index (χ3n) is 6.20. The molecule has 6 rings (SSSR count). The molecule has 0 unspecified atom stereocenters. The van der Waals surface area contributed by atoms with Crippen LogP contribution in [-0.4, -0.2) is 0 Å². The summed E-state index contributed by atoms with van der Waals surface area (Å²) in [5, 5.41) is 0. The van der Waals surface area contributed by atoms with Gasteiger partial charge in [0.1, 0.15) is 0 Å². The van der Waals surface area contributed by atoms with Gasteiger partial charge in [-0.1, -0.05) is 97.1 Å². The summed E-state index contributed by atoms with van der Waals surface area (Å²) in [5.74, 6) is 0. The molecule has 3 aliphatic rings. The molecule has 3 aromatic rings. The Labute approximate surface area is 153 Å². The Morgan fingerprint density at radius 3 is 1.69 bits per heavy atom. The molecule has 0 amide bonds. The van der Waals surface area contributed by atoms with Crippen LogP contribution >= 0.6 is 0 Å². The summed E-state index contributed by atoms with van der Waals surface area (Å²) in [4.78, 5) is 0. The van der Waals surface area contributed by atoms with Gasteiger partial charge in [-0.2, -0.15) is 0 Å². The van der Waals surface area contributed by atoms with Crippen molar-refractivity contribution < 1.29 is 0 Å². The van der Waals surface area contributed by atoms with Gasteiger partial charge in [0.05, 0.1) is 5.41 Å². The van der Waals surface area contributed by atoms with Gasteiger partial charge in [-0.3, -0.25) is 0 Å². The highest BCUT2D eigenvalue weighted by Crippen LogP contribution is 2.61. The summed E-state index contributed by atoms with van der Waals surface area (Å²) in [6.45, 7) is 0. The van der Waals surface area contributed by atoms with Crippen molar-refractivity contribution in [3.05, 3.63) is 125 Å². The third kappa shape index (κ3) is 1.55. The standard InChI is InChI=1S/C26H18/c1-2-10-19-17-18(9-1)20-11-3-6-14-23(20)26(19)24-15-7-4-12-21(24)22-13-5-8-16-25(22)26/h1-16H,17H2. The minimum absolute atomic E-state index is 0.171. The highest BCUT2D eigenvalue weighted by Gasteiger charge is 2.50. The summed E-state index contributed by atoms with van der Waals surface area (Å²) in [5.41, 5.74) is 11.1. The summed E-state index contributed by atoms with van der Waals surface area (Å²) in [7, 11) is 0. The summed E-state index contributed by atoms with van der Waals surface area (Å²) < 4.78 is 0. The molecule has 3 aliphatic carbocycles. The first-order valence-electron chi connectivity index (χ1n) is 9.27. The topological polar surface area (TPSA) is 0 Å². The van der Waals surface area contributed by atoms with Crippen LogP contribution in [0.15, 0.2) is 103 Å². The van der Waals surface area contributed by atoms with Gasteiger partial charge in [-0.25, -0.2) is 0 Å². The largest absolute Gasteiger partial charge is 0.0685 e. The lowest BCUT2D eigenvalue weighted by atomic mass is 9.60. The van der Waals surface area contributed by atoms with Gasteiger partial charge in [0.2, 0.25) is 0 Å². The zero-order valence-electron chi connectivity index (χ0n) is 14.4. The minimum Gasteiger partial charge on any atom is -0.0622 e. The number of allylic oxidation sites excluding steroid dienone is 6. The Morgan fingerprint density at radius 2 is 1.04 bits per heavy atom. The molecule has 26 heavy (non-hydrogen) atoms. The van der Waals surface area contributed by atoms with E-state index in [9.17, 15) is 0 Å². The molecule has 0 nitrogen and oxygen atoms in total. The van der Waals surface area contributed by atoms with E-state index in [0.29, 0.717) is 0 Å². The van der Waals surface area contributed by atoms with Crippen LogP contribution < -0.4 is 0 Å². The lowest BCUT2D eigenvalue weighted by Crippen LogP contribution is -2.33. The first-order valence-corrected chi connectivity index (χ1v) is 9.27. The molecule has 3 aromatic carbocycles. The SMILES string of the molecule is C1=CC=C2CC(=C1)c1ccccc1C21c2ccccc2-c2ccccc21. The predicted molar refractivity (Wildman–Crippen MR) is 108 cm³/mol. The fraction of sp³-hybridized carbons (Fsp3) is 0.0769. The van der Waals surface area contributed by atoms with Crippen LogP contribution in [0.25, 0.3) is 16.7 Å². The van der Waals surface area contributed by atoms with Crippen molar-refractivity contribution in [2.24, 2.45) is 0 Å². The molecule has 1 spiro atoms. The first kappa shape index (κ1) is 14.1. The normalized spacial score (nSPS) is 17.7. The molecule has 2 bridgehead atoms. The number of rotatable bonds is 0. The lowest BCUT2D eigenvalue weighted by Gasteiger charge is -2.41. The highest BCUT2D eigenvalue weighted by molar-refractivity contribution is 5.91. The smallest absolute Gasteiger partial charge is 0.0622 e. The Balaban J connectivity index is 1.85. The lowest BCUT2D eigenvalue weighted by molar-refractivity contribution is 0.711. The van der Waals surface area contributed by atoms with Crippen LogP contribution in [0.1, 0.15) is 28.7 Å². The van der Waals surface area contributed by atoms with Gasteiger partial charge < -0.3 is 0 Å². The Kier molecular flexibility index (Phi) is 2.69. The van der Waals surface area contributed by atoms with Crippen LogP contribution in [0.4, 0.5) is 0 Å². The van der Waals surface area contributed by atoms with E-state index in [2.05, 4.69) is 97.1 Å². The second-order valence-electron chi connectivity index (χ2n) is 7.33. The van der Waals surface area contributed by atoms with Crippen molar-refractivity contribution in [2.75, 3.05) is 0 Å². The number of hydrogen-bond donors (Lipinski definition) is 0. The monoisotopic (exact) mass is 330 g/mol. The molecular formula is C26H18. The highest BCUT2D eigenvalue weighted by atomic mass is 14.5. The molecular weight excluding hydrogens is 312 g/mol. The summed E-state index contributed by atoms with van der Waals surface area (Å²) in [6.07, 6.45) is 10.0. The van der Waals surface area contributed by atoms with E-state index in [4.69, 9.17) is 0 Å². The van der Waals surface area contributed by atoms with Crippen LogP contribution in [0.3, 0.4) is 0 Å². The van der Waals surface area contributed by atoms with E-state index in [1.165, 1.54) is 44.5 Å². The maximum absolute atomic E-state index is 2.35. The van der Waals surface area contributed by atoms with Crippen molar-refractivity contribution in [3.63, 3.8) is 0 Å². The fourth-order valence-electron chi connectivity index (χ4n) is 5.24. The van der Waals surface area contributed by atoms with Gasteiger partial charge in [-0.15, -0.1) is 0 Å². The van der Waals surface area contributed by atoms with Crippen LogP contribution in [-0.2, 0) is 5.41 Å². The minimum atomic E-state index is -0.171. The molecule has 0 fully saturated rings. The van der Waals surface area contributed by atoms with Gasteiger partial charge in [0.15, 0.2) is 0 Å². The molecule has 0 radical (unpaired) electrons. The molecule has 122 valence electrons. The molecule has 0 aromatic heterocycles.